The van der Waals surface area contributed by atoms with Crippen LogP contribution in [-0.2, 0) is 6.54 Å². The van der Waals surface area contributed by atoms with Gasteiger partial charge in [-0.05, 0) is 37.6 Å². The topological polar surface area (TPSA) is 76.4 Å². The number of nitrogens with one attached hydrogen (secondary N) is 1. The summed E-state index contributed by atoms with van der Waals surface area (Å²) in [6.07, 6.45) is 0.978. The summed E-state index contributed by atoms with van der Waals surface area (Å²) in [7, 11) is 1.54. The molecule has 2 aromatic rings. The number of ether oxygens (including phenoxy) is 1. The summed E-state index contributed by atoms with van der Waals surface area (Å²) >= 11 is 0. The highest BCUT2D eigenvalue weighted by Crippen LogP contribution is 2.23. The largest absolute Gasteiger partial charge is 0.506 e. The van der Waals surface area contributed by atoms with Crippen LogP contribution in [0.1, 0.15) is 24.6 Å². The van der Waals surface area contributed by atoms with Crippen LogP contribution in [0.25, 0.3) is 5.69 Å². The van der Waals surface area contributed by atoms with Crippen molar-refractivity contribution in [1.82, 2.24) is 15.1 Å². The van der Waals surface area contributed by atoms with Gasteiger partial charge in [-0.15, -0.1) is 0 Å². The van der Waals surface area contributed by atoms with Crippen LogP contribution >= 0.6 is 0 Å². The molecule has 1 aromatic carbocycles. The van der Waals surface area contributed by atoms with Crippen molar-refractivity contribution in [2.75, 3.05) is 13.7 Å². The van der Waals surface area contributed by atoms with Gasteiger partial charge in [0.05, 0.1) is 7.11 Å². The molecule has 0 spiro atoms. The minimum Gasteiger partial charge on any atom is -0.506 e. The van der Waals surface area contributed by atoms with E-state index in [4.69, 9.17) is 4.74 Å². The molecule has 2 rings (SSSR count). The van der Waals surface area contributed by atoms with Crippen molar-refractivity contribution in [3.63, 3.8) is 0 Å². The molecule has 1 aromatic heterocycles. The Bertz CT molecular complexity index is 710. The van der Waals surface area contributed by atoms with Gasteiger partial charge in [-0.25, -0.2) is 0 Å². The van der Waals surface area contributed by atoms with E-state index >= 15 is 0 Å². The Morgan fingerprint density at radius 1 is 1.36 bits per heavy atom. The van der Waals surface area contributed by atoms with Gasteiger partial charge in [0.25, 0.3) is 5.56 Å². The first kappa shape index (κ1) is 16.0. The van der Waals surface area contributed by atoms with Gasteiger partial charge in [-0.3, -0.25) is 4.79 Å². The Hall–Kier alpha value is -2.34. The first-order chi connectivity index (χ1) is 10.6. The third-order valence-corrected chi connectivity index (χ3v) is 3.27. The Labute approximate surface area is 129 Å². The van der Waals surface area contributed by atoms with Gasteiger partial charge in [0.2, 0.25) is 0 Å². The highest BCUT2D eigenvalue weighted by Gasteiger charge is 2.13. The molecule has 0 amide bonds. The number of hydrogen-bond donors (Lipinski definition) is 2. The lowest BCUT2D eigenvalue weighted by atomic mass is 10.2. The van der Waals surface area contributed by atoms with Crippen molar-refractivity contribution in [2.24, 2.45) is 0 Å². The van der Waals surface area contributed by atoms with Gasteiger partial charge in [-0.2, -0.15) is 9.78 Å². The van der Waals surface area contributed by atoms with Gasteiger partial charge in [0.1, 0.15) is 22.9 Å². The lowest BCUT2D eigenvalue weighted by Gasteiger charge is -2.13. The van der Waals surface area contributed by atoms with Crippen molar-refractivity contribution in [3.8, 4) is 17.2 Å². The summed E-state index contributed by atoms with van der Waals surface area (Å²) in [5.74, 6) is 0.454. The standard InChI is InChI=1S/C16H21N3O3/c1-4-7-17-10-12-14(20)9-16(21)19(18-12)13-8-11(2)5-6-15(13)22-3/h5-6,8-9,17,20H,4,7,10H2,1-3H3. The van der Waals surface area contributed by atoms with E-state index in [-0.39, 0.29) is 5.75 Å². The molecule has 6 heteroatoms. The fourth-order valence-electron chi connectivity index (χ4n) is 2.13. The van der Waals surface area contributed by atoms with Crippen LogP contribution in [0.3, 0.4) is 0 Å². The van der Waals surface area contributed by atoms with Crippen molar-refractivity contribution in [1.29, 1.82) is 0 Å². The average molecular weight is 303 g/mol. The smallest absolute Gasteiger partial charge is 0.275 e. The molecular formula is C16H21N3O3. The van der Waals surface area contributed by atoms with Crippen LogP contribution in [0, 0.1) is 6.92 Å². The number of nitrogens with zero attached hydrogens (tertiary/aromatic N) is 2. The normalized spacial score (nSPS) is 10.7. The molecule has 0 radical (unpaired) electrons. The molecule has 22 heavy (non-hydrogen) atoms. The predicted octanol–water partition coefficient (Wildman–Crippen LogP) is 1.75. The average Bonchev–Trinajstić information content (AvgIpc) is 2.49. The van der Waals surface area contributed by atoms with E-state index in [1.165, 1.54) is 10.7 Å². The van der Waals surface area contributed by atoms with E-state index in [2.05, 4.69) is 17.3 Å². The van der Waals surface area contributed by atoms with E-state index in [0.717, 1.165) is 18.5 Å². The quantitative estimate of drug-likeness (QED) is 0.795. The minimum atomic E-state index is -0.402. The van der Waals surface area contributed by atoms with Gasteiger partial charge in [0.15, 0.2) is 0 Å². The molecular weight excluding hydrogens is 282 g/mol. The van der Waals surface area contributed by atoms with Gasteiger partial charge < -0.3 is 15.2 Å². The highest BCUT2D eigenvalue weighted by molar-refractivity contribution is 5.48. The highest BCUT2D eigenvalue weighted by atomic mass is 16.5. The molecule has 118 valence electrons. The maximum atomic E-state index is 12.2. The zero-order valence-electron chi connectivity index (χ0n) is 13.1. The molecule has 2 N–H and O–H groups in total. The third kappa shape index (κ3) is 3.46. The molecule has 1 heterocycles. The molecule has 0 aliphatic heterocycles. The second-order valence-electron chi connectivity index (χ2n) is 5.08. The molecule has 6 nitrogen and oxygen atoms in total. The minimum absolute atomic E-state index is 0.100. The molecule has 0 unspecified atom stereocenters. The fourth-order valence-corrected chi connectivity index (χ4v) is 2.13. The summed E-state index contributed by atoms with van der Waals surface area (Å²) < 4.78 is 6.56. The number of benzene rings is 1. The van der Waals surface area contributed by atoms with E-state index in [9.17, 15) is 9.90 Å². The van der Waals surface area contributed by atoms with Crippen LogP contribution in [0.2, 0.25) is 0 Å². The number of rotatable bonds is 6. The van der Waals surface area contributed by atoms with Crippen LogP contribution in [0.4, 0.5) is 0 Å². The molecule has 0 fully saturated rings. The zero-order chi connectivity index (χ0) is 16.1. The Balaban J connectivity index is 2.49. The van der Waals surface area contributed by atoms with Gasteiger partial charge in [-0.1, -0.05) is 13.0 Å². The van der Waals surface area contributed by atoms with Crippen LogP contribution in [-0.4, -0.2) is 28.5 Å². The summed E-state index contributed by atoms with van der Waals surface area (Å²) in [4.78, 5) is 12.2. The molecule has 0 atom stereocenters. The van der Waals surface area contributed by atoms with Gasteiger partial charge >= 0.3 is 0 Å². The van der Waals surface area contributed by atoms with E-state index in [1.807, 2.05) is 19.1 Å². The molecule has 0 saturated heterocycles. The van der Waals surface area contributed by atoms with E-state index < -0.39 is 5.56 Å². The van der Waals surface area contributed by atoms with Crippen molar-refractivity contribution < 1.29 is 9.84 Å². The summed E-state index contributed by atoms with van der Waals surface area (Å²) in [6.45, 7) is 5.19. The fraction of sp³-hybridized carbons (Fsp3) is 0.375. The van der Waals surface area contributed by atoms with E-state index in [1.54, 1.807) is 13.2 Å². The Kier molecular flexibility index (Phi) is 5.16. The van der Waals surface area contributed by atoms with Crippen LogP contribution < -0.4 is 15.6 Å². The van der Waals surface area contributed by atoms with Crippen LogP contribution in [0.15, 0.2) is 29.1 Å². The van der Waals surface area contributed by atoms with Crippen LogP contribution in [0.5, 0.6) is 11.5 Å². The lowest BCUT2D eigenvalue weighted by Crippen LogP contribution is -2.24. The Morgan fingerprint density at radius 2 is 2.14 bits per heavy atom. The molecule has 0 bridgehead atoms. The molecule has 0 aliphatic rings. The first-order valence-electron chi connectivity index (χ1n) is 7.24. The SMILES string of the molecule is CCCNCc1nn(-c2cc(C)ccc2OC)c(=O)cc1O. The number of aromatic hydroxyl groups is 1. The monoisotopic (exact) mass is 303 g/mol. The van der Waals surface area contributed by atoms with Crippen molar-refractivity contribution >= 4 is 0 Å². The second kappa shape index (κ2) is 7.09. The maximum absolute atomic E-state index is 12.2. The van der Waals surface area contributed by atoms with Crippen molar-refractivity contribution in [3.05, 3.63) is 45.9 Å². The number of hydrogen-bond acceptors (Lipinski definition) is 5. The Morgan fingerprint density at radius 3 is 2.82 bits per heavy atom. The number of aromatic nitrogens is 2. The summed E-state index contributed by atoms with van der Waals surface area (Å²) in [5, 5.41) is 17.3. The van der Waals surface area contributed by atoms with Gasteiger partial charge in [0, 0.05) is 12.6 Å². The molecule has 0 saturated carbocycles. The van der Waals surface area contributed by atoms with E-state index in [0.29, 0.717) is 23.7 Å². The van der Waals surface area contributed by atoms with Crippen molar-refractivity contribution in [2.45, 2.75) is 26.8 Å². The maximum Gasteiger partial charge on any atom is 0.275 e. The zero-order valence-corrected chi connectivity index (χ0v) is 13.1. The summed E-state index contributed by atoms with van der Waals surface area (Å²) in [5.41, 5.74) is 1.57. The summed E-state index contributed by atoms with van der Waals surface area (Å²) in [6, 6.07) is 6.70. The third-order valence-electron chi connectivity index (χ3n) is 3.27. The first-order valence-corrected chi connectivity index (χ1v) is 7.24. The number of aryl methyl sites for hydroxylation is 1. The lowest BCUT2D eigenvalue weighted by molar-refractivity contribution is 0.409. The molecule has 0 aliphatic carbocycles. The number of methoxy groups -OCH3 is 1. The second-order valence-corrected chi connectivity index (χ2v) is 5.08. The predicted molar refractivity (Wildman–Crippen MR) is 84.8 cm³/mol.